The normalized spacial score (nSPS) is 13.4. The zero-order valence-corrected chi connectivity index (χ0v) is 13.9. The molecule has 0 radical (unpaired) electrons. The Morgan fingerprint density at radius 1 is 1.08 bits per heavy atom. The highest BCUT2D eigenvalue weighted by molar-refractivity contribution is 5.84. The van der Waals surface area contributed by atoms with Crippen LogP contribution in [-0.2, 0) is 0 Å². The van der Waals surface area contributed by atoms with Gasteiger partial charge in [0.25, 0.3) is 0 Å². The quantitative estimate of drug-likeness (QED) is 0.675. The lowest BCUT2D eigenvalue weighted by Crippen LogP contribution is -2.19. The molecule has 3 aromatic rings. The molecule has 2 aromatic carbocycles. The summed E-state index contributed by atoms with van der Waals surface area (Å²) in [5.74, 6) is 0.503. The summed E-state index contributed by atoms with van der Waals surface area (Å²) in [5, 5.41) is 9.72. The van der Waals surface area contributed by atoms with Crippen LogP contribution in [0.1, 0.15) is 25.5 Å². The van der Waals surface area contributed by atoms with Crippen molar-refractivity contribution in [2.45, 2.75) is 26.1 Å². The fraction of sp³-hybridized carbons (Fsp3) is 0.333. The highest BCUT2D eigenvalue weighted by atomic mass is 19.4. The smallest absolute Gasteiger partial charge is 0.422 e. The van der Waals surface area contributed by atoms with E-state index in [0.29, 0.717) is 5.92 Å². The Balaban J connectivity index is 1.90. The zero-order valence-electron chi connectivity index (χ0n) is 13.9. The van der Waals surface area contributed by atoms with Gasteiger partial charge in [0, 0.05) is 6.20 Å². The number of hydrogen-bond acceptors (Lipinski definition) is 3. The van der Waals surface area contributed by atoms with Crippen molar-refractivity contribution in [3.63, 3.8) is 0 Å². The molecule has 1 unspecified atom stereocenters. The molecule has 25 heavy (non-hydrogen) atoms. The topological polar surface area (TPSA) is 39.9 Å². The number of aromatic nitrogens is 3. The standard InChI is InChI=1S/C18H18F3N3O/c1-12(2)17(24-8-7-22-23-24)15-4-3-14-10-16(6-5-13(14)9-15)25-11-18(19,20)21/h3-10,12,17H,11H2,1-2H3. The molecule has 0 N–H and O–H groups in total. The molecule has 0 amide bonds. The summed E-state index contributed by atoms with van der Waals surface area (Å²) in [6.45, 7) is 2.91. The first-order valence-corrected chi connectivity index (χ1v) is 7.92. The minimum atomic E-state index is -4.35. The maximum absolute atomic E-state index is 12.3. The van der Waals surface area contributed by atoms with Gasteiger partial charge in [-0.15, -0.1) is 5.10 Å². The summed E-state index contributed by atoms with van der Waals surface area (Å²) in [5.41, 5.74) is 1.07. The van der Waals surface area contributed by atoms with Crippen molar-refractivity contribution >= 4 is 10.8 Å². The van der Waals surface area contributed by atoms with Crippen LogP contribution >= 0.6 is 0 Å². The molecule has 0 fully saturated rings. The Bertz CT molecular complexity index is 844. The fourth-order valence-electron chi connectivity index (χ4n) is 2.89. The molecule has 0 saturated carbocycles. The Labute approximate surface area is 143 Å². The Morgan fingerprint density at radius 2 is 1.80 bits per heavy atom. The highest BCUT2D eigenvalue weighted by Crippen LogP contribution is 2.30. The maximum Gasteiger partial charge on any atom is 0.422 e. The largest absolute Gasteiger partial charge is 0.484 e. The molecule has 0 aliphatic rings. The number of nitrogens with zero attached hydrogens (tertiary/aromatic N) is 3. The molecule has 0 bridgehead atoms. The Hall–Kier alpha value is -2.57. The SMILES string of the molecule is CC(C)C(c1ccc2cc(OCC(F)(F)F)ccc2c1)n1ccnn1. The van der Waals surface area contributed by atoms with Gasteiger partial charge in [0.1, 0.15) is 5.75 Å². The van der Waals surface area contributed by atoms with Gasteiger partial charge >= 0.3 is 6.18 Å². The average molecular weight is 349 g/mol. The van der Waals surface area contributed by atoms with E-state index >= 15 is 0 Å². The second-order valence-corrected chi connectivity index (χ2v) is 6.24. The van der Waals surface area contributed by atoms with Crippen molar-refractivity contribution in [3.8, 4) is 5.75 Å². The number of alkyl halides is 3. The molecular formula is C18H18F3N3O. The van der Waals surface area contributed by atoms with Crippen molar-refractivity contribution in [3.05, 3.63) is 54.4 Å². The lowest BCUT2D eigenvalue weighted by atomic mass is 9.94. The van der Waals surface area contributed by atoms with E-state index in [-0.39, 0.29) is 11.8 Å². The third-order valence-electron chi connectivity index (χ3n) is 3.94. The molecule has 1 atom stereocenters. The number of fused-ring (bicyclic) bond motifs is 1. The van der Waals surface area contributed by atoms with Crippen LogP contribution in [0, 0.1) is 5.92 Å². The van der Waals surface area contributed by atoms with Gasteiger partial charge in [-0.05, 0) is 40.5 Å². The van der Waals surface area contributed by atoms with E-state index in [1.54, 1.807) is 24.4 Å². The monoisotopic (exact) mass is 349 g/mol. The lowest BCUT2D eigenvalue weighted by molar-refractivity contribution is -0.153. The van der Waals surface area contributed by atoms with E-state index in [1.807, 2.05) is 29.1 Å². The molecule has 0 spiro atoms. The van der Waals surface area contributed by atoms with E-state index in [4.69, 9.17) is 4.74 Å². The molecular weight excluding hydrogens is 331 g/mol. The van der Waals surface area contributed by atoms with Crippen LogP contribution in [0.2, 0.25) is 0 Å². The highest BCUT2D eigenvalue weighted by Gasteiger charge is 2.28. The number of rotatable bonds is 5. The zero-order chi connectivity index (χ0) is 18.0. The Morgan fingerprint density at radius 3 is 2.44 bits per heavy atom. The summed E-state index contributed by atoms with van der Waals surface area (Å²) in [7, 11) is 0. The second-order valence-electron chi connectivity index (χ2n) is 6.24. The molecule has 0 aliphatic heterocycles. The first kappa shape index (κ1) is 17.3. The van der Waals surface area contributed by atoms with E-state index in [0.717, 1.165) is 16.3 Å². The van der Waals surface area contributed by atoms with E-state index in [2.05, 4.69) is 24.2 Å². The summed E-state index contributed by atoms with van der Waals surface area (Å²) < 4.78 is 43.4. The lowest BCUT2D eigenvalue weighted by Gasteiger charge is -2.21. The molecule has 1 aromatic heterocycles. The average Bonchev–Trinajstić information content (AvgIpc) is 3.06. The second kappa shape index (κ2) is 6.74. The van der Waals surface area contributed by atoms with Crippen LogP contribution in [-0.4, -0.2) is 27.8 Å². The summed E-state index contributed by atoms with van der Waals surface area (Å²) in [4.78, 5) is 0. The van der Waals surface area contributed by atoms with Crippen molar-refractivity contribution in [1.82, 2.24) is 15.0 Å². The number of ether oxygens (including phenoxy) is 1. The number of hydrogen-bond donors (Lipinski definition) is 0. The maximum atomic E-state index is 12.3. The predicted octanol–water partition coefficient (Wildman–Crippen LogP) is 4.62. The van der Waals surface area contributed by atoms with Crippen molar-refractivity contribution < 1.29 is 17.9 Å². The van der Waals surface area contributed by atoms with Gasteiger partial charge in [0.2, 0.25) is 0 Å². The first-order chi connectivity index (χ1) is 11.8. The van der Waals surface area contributed by atoms with Gasteiger partial charge < -0.3 is 4.74 Å². The van der Waals surface area contributed by atoms with Gasteiger partial charge in [-0.25, -0.2) is 4.68 Å². The molecule has 1 heterocycles. The van der Waals surface area contributed by atoms with Crippen LogP contribution in [0.4, 0.5) is 13.2 Å². The summed E-state index contributed by atoms with van der Waals surface area (Å²) in [6, 6.07) is 10.8. The van der Waals surface area contributed by atoms with Gasteiger partial charge in [-0.2, -0.15) is 13.2 Å². The minimum Gasteiger partial charge on any atom is -0.484 e. The van der Waals surface area contributed by atoms with Crippen LogP contribution in [0.5, 0.6) is 5.75 Å². The van der Waals surface area contributed by atoms with Crippen LogP contribution in [0.25, 0.3) is 10.8 Å². The van der Waals surface area contributed by atoms with Gasteiger partial charge in [0.05, 0.1) is 12.2 Å². The number of halogens is 3. The summed E-state index contributed by atoms with van der Waals surface area (Å²) in [6.07, 6.45) is -0.884. The van der Waals surface area contributed by atoms with Crippen LogP contribution in [0.3, 0.4) is 0 Å². The van der Waals surface area contributed by atoms with Gasteiger partial charge in [-0.3, -0.25) is 0 Å². The van der Waals surface area contributed by atoms with E-state index in [1.165, 1.54) is 0 Å². The predicted molar refractivity (Wildman–Crippen MR) is 88.5 cm³/mol. The Kier molecular flexibility index (Phi) is 4.65. The molecule has 132 valence electrons. The van der Waals surface area contributed by atoms with Gasteiger partial charge in [-0.1, -0.05) is 37.3 Å². The van der Waals surface area contributed by atoms with Crippen LogP contribution < -0.4 is 4.74 Å². The molecule has 4 nitrogen and oxygen atoms in total. The van der Waals surface area contributed by atoms with Crippen molar-refractivity contribution in [2.75, 3.05) is 6.61 Å². The minimum absolute atomic E-state index is 0.0352. The van der Waals surface area contributed by atoms with E-state index < -0.39 is 12.8 Å². The van der Waals surface area contributed by atoms with Crippen LogP contribution in [0.15, 0.2) is 48.8 Å². The first-order valence-electron chi connectivity index (χ1n) is 7.92. The molecule has 7 heteroatoms. The third kappa shape index (κ3) is 4.10. The third-order valence-corrected chi connectivity index (χ3v) is 3.94. The molecule has 0 saturated heterocycles. The van der Waals surface area contributed by atoms with Gasteiger partial charge in [0.15, 0.2) is 6.61 Å². The molecule has 0 aliphatic carbocycles. The fourth-order valence-corrected chi connectivity index (χ4v) is 2.89. The van der Waals surface area contributed by atoms with E-state index in [9.17, 15) is 13.2 Å². The number of benzene rings is 2. The van der Waals surface area contributed by atoms with Crippen molar-refractivity contribution in [2.24, 2.45) is 5.92 Å². The summed E-state index contributed by atoms with van der Waals surface area (Å²) >= 11 is 0. The van der Waals surface area contributed by atoms with Crippen molar-refractivity contribution in [1.29, 1.82) is 0 Å². The molecule has 3 rings (SSSR count).